The SMILES string of the molecule is N#Cc1ccc(NCC2CCCN2)c(C(F)(F)F)c1. The molecule has 1 aromatic carbocycles. The van der Waals surface area contributed by atoms with E-state index in [-0.39, 0.29) is 17.3 Å². The lowest BCUT2D eigenvalue weighted by atomic mass is 10.1. The van der Waals surface area contributed by atoms with Crippen LogP contribution in [0, 0.1) is 11.3 Å². The predicted molar refractivity (Wildman–Crippen MR) is 65.7 cm³/mol. The van der Waals surface area contributed by atoms with Gasteiger partial charge in [-0.25, -0.2) is 0 Å². The molecule has 0 radical (unpaired) electrons. The van der Waals surface area contributed by atoms with E-state index in [1.54, 1.807) is 6.07 Å². The van der Waals surface area contributed by atoms with Crippen molar-refractivity contribution >= 4 is 5.69 Å². The zero-order valence-corrected chi connectivity index (χ0v) is 10.2. The zero-order chi connectivity index (χ0) is 13.9. The van der Waals surface area contributed by atoms with Crippen molar-refractivity contribution in [3.63, 3.8) is 0 Å². The highest BCUT2D eigenvalue weighted by Crippen LogP contribution is 2.35. The molecule has 2 rings (SSSR count). The Kier molecular flexibility index (Phi) is 3.96. The van der Waals surface area contributed by atoms with E-state index in [0.717, 1.165) is 25.5 Å². The van der Waals surface area contributed by atoms with Crippen LogP contribution in [0.5, 0.6) is 0 Å². The van der Waals surface area contributed by atoms with Gasteiger partial charge in [-0.2, -0.15) is 18.4 Å². The standard InChI is InChI=1S/C13H14F3N3/c14-13(15,16)11-6-9(7-17)3-4-12(11)19-8-10-2-1-5-18-10/h3-4,6,10,18-19H,1-2,5,8H2. The van der Waals surface area contributed by atoms with Crippen LogP contribution in [-0.2, 0) is 6.18 Å². The largest absolute Gasteiger partial charge is 0.418 e. The van der Waals surface area contributed by atoms with Crippen molar-refractivity contribution in [2.75, 3.05) is 18.4 Å². The third kappa shape index (κ3) is 3.38. The number of hydrogen-bond donors (Lipinski definition) is 2. The molecule has 1 fully saturated rings. The Balaban J connectivity index is 2.16. The maximum Gasteiger partial charge on any atom is 0.418 e. The number of hydrogen-bond acceptors (Lipinski definition) is 3. The topological polar surface area (TPSA) is 47.9 Å². The highest BCUT2D eigenvalue weighted by atomic mass is 19.4. The van der Waals surface area contributed by atoms with Crippen molar-refractivity contribution in [1.29, 1.82) is 5.26 Å². The summed E-state index contributed by atoms with van der Waals surface area (Å²) in [6.45, 7) is 1.36. The molecule has 1 aliphatic rings. The fourth-order valence-corrected chi connectivity index (χ4v) is 2.17. The maximum atomic E-state index is 12.9. The summed E-state index contributed by atoms with van der Waals surface area (Å²) < 4.78 is 38.7. The van der Waals surface area contributed by atoms with Crippen LogP contribution in [0.15, 0.2) is 18.2 Å². The molecule has 2 N–H and O–H groups in total. The summed E-state index contributed by atoms with van der Waals surface area (Å²) in [4.78, 5) is 0. The maximum absolute atomic E-state index is 12.9. The number of anilines is 1. The van der Waals surface area contributed by atoms with Crippen LogP contribution in [0.3, 0.4) is 0 Å². The molecule has 1 saturated heterocycles. The molecule has 0 bridgehead atoms. The highest BCUT2D eigenvalue weighted by Gasteiger charge is 2.34. The van der Waals surface area contributed by atoms with Crippen molar-refractivity contribution in [3.05, 3.63) is 29.3 Å². The van der Waals surface area contributed by atoms with Crippen molar-refractivity contribution in [1.82, 2.24) is 5.32 Å². The summed E-state index contributed by atoms with van der Waals surface area (Å²) in [5.41, 5.74) is -0.749. The molecule has 1 atom stereocenters. The molecule has 1 unspecified atom stereocenters. The second-order valence-corrected chi connectivity index (χ2v) is 4.54. The normalized spacial score (nSPS) is 19.2. The Labute approximate surface area is 109 Å². The lowest BCUT2D eigenvalue weighted by molar-refractivity contribution is -0.137. The minimum absolute atomic E-state index is 0.0110. The second kappa shape index (κ2) is 5.49. The number of benzene rings is 1. The molecule has 0 aliphatic carbocycles. The fraction of sp³-hybridized carbons (Fsp3) is 0.462. The Hall–Kier alpha value is -1.74. The Morgan fingerprint density at radius 2 is 2.21 bits per heavy atom. The summed E-state index contributed by atoms with van der Waals surface area (Å²) in [7, 11) is 0. The number of rotatable bonds is 3. The number of nitrogens with one attached hydrogen (secondary N) is 2. The molecule has 0 aromatic heterocycles. The molecule has 1 heterocycles. The minimum atomic E-state index is -4.46. The monoisotopic (exact) mass is 269 g/mol. The molecule has 102 valence electrons. The number of alkyl halides is 3. The molecule has 0 amide bonds. The number of nitrogens with zero attached hydrogens (tertiary/aromatic N) is 1. The van der Waals surface area contributed by atoms with Gasteiger partial charge in [-0.3, -0.25) is 0 Å². The van der Waals surface area contributed by atoms with Crippen LogP contribution in [0.1, 0.15) is 24.0 Å². The van der Waals surface area contributed by atoms with Gasteiger partial charge in [0.15, 0.2) is 0 Å². The molecular weight excluding hydrogens is 255 g/mol. The minimum Gasteiger partial charge on any atom is -0.383 e. The predicted octanol–water partition coefficient (Wildman–Crippen LogP) is 2.74. The van der Waals surface area contributed by atoms with E-state index in [2.05, 4.69) is 10.6 Å². The van der Waals surface area contributed by atoms with Gasteiger partial charge in [-0.1, -0.05) is 0 Å². The first-order chi connectivity index (χ1) is 9.00. The first-order valence-electron chi connectivity index (χ1n) is 6.09. The molecule has 1 aromatic rings. The van der Waals surface area contributed by atoms with Crippen LogP contribution < -0.4 is 10.6 Å². The van der Waals surface area contributed by atoms with E-state index < -0.39 is 11.7 Å². The summed E-state index contributed by atoms with van der Waals surface area (Å²) in [6.07, 6.45) is -2.45. The van der Waals surface area contributed by atoms with Gasteiger partial charge in [0.25, 0.3) is 0 Å². The van der Waals surface area contributed by atoms with Crippen molar-refractivity contribution in [2.24, 2.45) is 0 Å². The first-order valence-corrected chi connectivity index (χ1v) is 6.09. The lowest BCUT2D eigenvalue weighted by Gasteiger charge is -2.17. The quantitative estimate of drug-likeness (QED) is 0.887. The van der Waals surface area contributed by atoms with Crippen molar-refractivity contribution < 1.29 is 13.2 Å². The molecular formula is C13H14F3N3. The van der Waals surface area contributed by atoms with Gasteiger partial charge in [0, 0.05) is 18.3 Å². The van der Waals surface area contributed by atoms with E-state index in [9.17, 15) is 13.2 Å². The molecule has 0 spiro atoms. The molecule has 1 aliphatic heterocycles. The molecule has 0 saturated carbocycles. The summed E-state index contributed by atoms with van der Waals surface area (Å²) in [6, 6.07) is 5.51. The molecule has 19 heavy (non-hydrogen) atoms. The molecule has 6 heteroatoms. The third-order valence-corrected chi connectivity index (χ3v) is 3.16. The summed E-state index contributed by atoms with van der Waals surface area (Å²) >= 11 is 0. The van der Waals surface area contributed by atoms with Crippen molar-refractivity contribution in [2.45, 2.75) is 25.1 Å². The van der Waals surface area contributed by atoms with Crippen LogP contribution in [-0.4, -0.2) is 19.1 Å². The Morgan fingerprint density at radius 1 is 1.42 bits per heavy atom. The van der Waals surface area contributed by atoms with Gasteiger partial charge < -0.3 is 10.6 Å². The van der Waals surface area contributed by atoms with Gasteiger partial charge in [-0.05, 0) is 37.6 Å². The summed E-state index contributed by atoms with van der Waals surface area (Å²) in [5.74, 6) is 0. The average molecular weight is 269 g/mol. The fourth-order valence-electron chi connectivity index (χ4n) is 2.17. The van der Waals surface area contributed by atoms with E-state index in [0.29, 0.717) is 6.54 Å². The number of halogens is 3. The average Bonchev–Trinajstić information content (AvgIpc) is 2.88. The van der Waals surface area contributed by atoms with Gasteiger partial charge in [-0.15, -0.1) is 0 Å². The second-order valence-electron chi connectivity index (χ2n) is 4.54. The third-order valence-electron chi connectivity index (χ3n) is 3.16. The number of nitriles is 1. The van der Waals surface area contributed by atoms with E-state index >= 15 is 0 Å². The molecule has 3 nitrogen and oxygen atoms in total. The van der Waals surface area contributed by atoms with E-state index in [1.807, 2.05) is 0 Å². The Morgan fingerprint density at radius 3 is 2.79 bits per heavy atom. The lowest BCUT2D eigenvalue weighted by Crippen LogP contribution is -2.29. The van der Waals surface area contributed by atoms with E-state index in [4.69, 9.17) is 5.26 Å². The van der Waals surface area contributed by atoms with E-state index in [1.165, 1.54) is 12.1 Å². The smallest absolute Gasteiger partial charge is 0.383 e. The van der Waals surface area contributed by atoms with Crippen LogP contribution in [0.2, 0.25) is 0 Å². The van der Waals surface area contributed by atoms with Crippen molar-refractivity contribution in [3.8, 4) is 6.07 Å². The summed E-state index contributed by atoms with van der Waals surface area (Å²) in [5, 5.41) is 14.7. The van der Waals surface area contributed by atoms with Crippen LogP contribution in [0.25, 0.3) is 0 Å². The van der Waals surface area contributed by atoms with Gasteiger partial charge in [0.1, 0.15) is 0 Å². The van der Waals surface area contributed by atoms with Gasteiger partial charge in [0.05, 0.1) is 17.2 Å². The first kappa shape index (κ1) is 13.7. The van der Waals surface area contributed by atoms with Crippen LogP contribution >= 0.6 is 0 Å². The van der Waals surface area contributed by atoms with Gasteiger partial charge in [0.2, 0.25) is 0 Å². The van der Waals surface area contributed by atoms with Gasteiger partial charge >= 0.3 is 6.18 Å². The Bertz CT molecular complexity index is 485. The zero-order valence-electron chi connectivity index (χ0n) is 10.2. The van der Waals surface area contributed by atoms with Crippen LogP contribution in [0.4, 0.5) is 18.9 Å². The highest BCUT2D eigenvalue weighted by molar-refractivity contribution is 5.56.